The highest BCUT2D eigenvalue weighted by molar-refractivity contribution is 5.88. The monoisotopic (exact) mass is 364 g/mol. The number of hydrogen-bond acceptors (Lipinski definition) is 2. The van der Waals surface area contributed by atoms with Crippen LogP contribution in [-0.4, -0.2) is 11.6 Å². The predicted octanol–water partition coefficient (Wildman–Crippen LogP) is 5.56. The van der Waals surface area contributed by atoms with E-state index in [-0.39, 0.29) is 16.7 Å². The first-order chi connectivity index (χ1) is 12.9. The Kier molecular flexibility index (Phi) is 3.94. The number of ketones is 2. The van der Waals surface area contributed by atoms with E-state index in [9.17, 15) is 9.59 Å². The van der Waals surface area contributed by atoms with Gasteiger partial charge in [0, 0.05) is 24.2 Å². The van der Waals surface area contributed by atoms with E-state index in [0.717, 1.165) is 38.5 Å². The Morgan fingerprint density at radius 2 is 1.59 bits per heavy atom. The maximum absolute atomic E-state index is 13.0. The molecule has 7 atom stereocenters. The molecule has 5 unspecified atom stereocenters. The summed E-state index contributed by atoms with van der Waals surface area (Å²) in [6.07, 6.45) is 8.33. The van der Waals surface area contributed by atoms with Crippen molar-refractivity contribution in [3.05, 3.63) is 35.9 Å². The molecule has 5 rings (SSSR count). The minimum Gasteiger partial charge on any atom is -0.299 e. The van der Waals surface area contributed by atoms with Gasteiger partial charge in [-0.15, -0.1) is 0 Å². The molecule has 2 nitrogen and oxygen atoms in total. The highest BCUT2D eigenvalue weighted by Gasteiger charge is 2.61. The minimum absolute atomic E-state index is 0.0479. The normalized spacial score (nSPS) is 46.5. The summed E-state index contributed by atoms with van der Waals surface area (Å²) in [4.78, 5) is 25.6. The second-order valence-electron chi connectivity index (χ2n) is 10.3. The van der Waals surface area contributed by atoms with E-state index >= 15 is 0 Å². The number of benzene rings is 1. The van der Waals surface area contributed by atoms with E-state index < -0.39 is 0 Å². The van der Waals surface area contributed by atoms with Gasteiger partial charge in [0.05, 0.1) is 0 Å². The van der Waals surface area contributed by atoms with Gasteiger partial charge in [0.15, 0.2) is 0 Å². The number of carbonyl (C=O) groups is 2. The van der Waals surface area contributed by atoms with Crippen LogP contribution in [0.25, 0.3) is 0 Å². The Morgan fingerprint density at radius 1 is 0.815 bits per heavy atom. The molecular weight excluding hydrogens is 332 g/mol. The maximum atomic E-state index is 13.0. The summed E-state index contributed by atoms with van der Waals surface area (Å²) in [5.41, 5.74) is 1.44. The van der Waals surface area contributed by atoms with Crippen molar-refractivity contribution in [2.45, 2.75) is 71.1 Å². The van der Waals surface area contributed by atoms with E-state index in [1.807, 2.05) is 6.07 Å². The van der Waals surface area contributed by atoms with Crippen molar-refractivity contribution in [1.82, 2.24) is 0 Å². The van der Waals surface area contributed by atoms with E-state index in [1.54, 1.807) is 0 Å². The van der Waals surface area contributed by atoms with Crippen LogP contribution >= 0.6 is 0 Å². The van der Waals surface area contributed by atoms with Crippen LogP contribution in [0.1, 0.15) is 76.7 Å². The van der Waals surface area contributed by atoms with Crippen molar-refractivity contribution < 1.29 is 9.59 Å². The molecule has 0 spiro atoms. The molecule has 4 fully saturated rings. The van der Waals surface area contributed by atoms with Crippen molar-refractivity contribution >= 4 is 11.6 Å². The van der Waals surface area contributed by atoms with Gasteiger partial charge in [-0.25, -0.2) is 0 Å². The van der Waals surface area contributed by atoms with Gasteiger partial charge in [-0.3, -0.25) is 9.59 Å². The molecule has 0 bridgehead atoms. The summed E-state index contributed by atoms with van der Waals surface area (Å²) in [6, 6.07) is 10.5. The van der Waals surface area contributed by atoms with E-state index in [4.69, 9.17) is 0 Å². The summed E-state index contributed by atoms with van der Waals surface area (Å²) in [7, 11) is 0. The zero-order valence-corrected chi connectivity index (χ0v) is 16.7. The van der Waals surface area contributed by atoms with Crippen LogP contribution in [0.15, 0.2) is 30.3 Å². The summed E-state index contributed by atoms with van der Waals surface area (Å²) in [6.45, 7) is 4.76. The molecule has 4 aliphatic rings. The van der Waals surface area contributed by atoms with Gasteiger partial charge in [0.1, 0.15) is 11.6 Å². The zero-order chi connectivity index (χ0) is 18.8. The average Bonchev–Trinajstić information content (AvgIpc) is 2.98. The Bertz CT molecular complexity index is 768. The van der Waals surface area contributed by atoms with E-state index in [0.29, 0.717) is 35.2 Å². The lowest BCUT2D eigenvalue weighted by Crippen LogP contribution is -2.55. The lowest BCUT2D eigenvalue weighted by Gasteiger charge is -2.60. The van der Waals surface area contributed by atoms with Gasteiger partial charge < -0.3 is 0 Å². The summed E-state index contributed by atoms with van der Waals surface area (Å²) < 4.78 is 0. The molecule has 0 amide bonds. The second-order valence-corrected chi connectivity index (χ2v) is 10.3. The standard InChI is InChI=1S/C25H32O2/c1-24-15-13-21(26)23(16-6-4-3-5-7-16)20(24)9-8-17-18-10-11-22(27)25(18,2)14-12-19(17)24/h3-7,17-20,23H,8-15H2,1-2H3/t17?,18?,19?,20?,23?,24-,25+/m1/s1. The lowest BCUT2D eigenvalue weighted by molar-refractivity contribution is -0.147. The smallest absolute Gasteiger partial charge is 0.140 e. The van der Waals surface area contributed by atoms with Gasteiger partial charge in [0.2, 0.25) is 0 Å². The molecule has 27 heavy (non-hydrogen) atoms. The third kappa shape index (κ3) is 2.37. The Labute approximate surface area is 163 Å². The molecule has 4 aliphatic carbocycles. The molecule has 144 valence electrons. The quantitative estimate of drug-likeness (QED) is 0.653. The van der Waals surface area contributed by atoms with Crippen LogP contribution < -0.4 is 0 Å². The fraction of sp³-hybridized carbons (Fsp3) is 0.680. The second kappa shape index (κ2) is 6.03. The van der Waals surface area contributed by atoms with Crippen molar-refractivity contribution in [2.75, 3.05) is 0 Å². The molecule has 0 saturated heterocycles. The van der Waals surface area contributed by atoms with Crippen LogP contribution in [0.3, 0.4) is 0 Å². The fourth-order valence-corrected chi connectivity index (χ4v) is 8.03. The molecule has 2 heteroatoms. The van der Waals surface area contributed by atoms with Gasteiger partial charge in [-0.2, -0.15) is 0 Å². The number of carbonyl (C=O) groups excluding carboxylic acids is 2. The SMILES string of the molecule is C[C@]12CCC(=O)C(c3ccccc3)C1CCC1C2CC[C@]2(C)C(=O)CCC12. The van der Waals surface area contributed by atoms with Gasteiger partial charge >= 0.3 is 0 Å². The Morgan fingerprint density at radius 3 is 2.37 bits per heavy atom. The fourth-order valence-electron chi connectivity index (χ4n) is 8.03. The first-order valence-electron chi connectivity index (χ1n) is 11.1. The predicted molar refractivity (Wildman–Crippen MR) is 106 cm³/mol. The third-order valence-electron chi connectivity index (χ3n) is 9.47. The van der Waals surface area contributed by atoms with Crippen molar-refractivity contribution in [1.29, 1.82) is 0 Å². The average molecular weight is 365 g/mol. The maximum Gasteiger partial charge on any atom is 0.140 e. The summed E-state index contributed by atoms with van der Waals surface area (Å²) >= 11 is 0. The molecule has 0 aromatic heterocycles. The molecule has 0 radical (unpaired) electrons. The van der Waals surface area contributed by atoms with Crippen LogP contribution in [0.4, 0.5) is 0 Å². The molecule has 4 saturated carbocycles. The van der Waals surface area contributed by atoms with Crippen LogP contribution in [-0.2, 0) is 9.59 Å². The first kappa shape index (κ1) is 17.6. The Hall–Kier alpha value is -1.44. The topological polar surface area (TPSA) is 34.1 Å². The molecule has 0 N–H and O–H groups in total. The van der Waals surface area contributed by atoms with Crippen molar-refractivity contribution in [3.8, 4) is 0 Å². The zero-order valence-electron chi connectivity index (χ0n) is 16.7. The number of Topliss-reactive ketones (excluding diaryl/α,β-unsaturated/α-hetero) is 2. The van der Waals surface area contributed by atoms with Gasteiger partial charge in [-0.05, 0) is 73.2 Å². The van der Waals surface area contributed by atoms with Crippen LogP contribution in [0, 0.1) is 34.5 Å². The Balaban J connectivity index is 1.50. The summed E-state index contributed by atoms with van der Waals surface area (Å²) in [5, 5.41) is 0. The highest BCUT2D eigenvalue weighted by Crippen LogP contribution is 2.66. The molecule has 1 aromatic rings. The number of hydrogen-bond donors (Lipinski definition) is 0. The minimum atomic E-state index is -0.0479. The van der Waals surface area contributed by atoms with E-state index in [1.165, 1.54) is 18.4 Å². The van der Waals surface area contributed by atoms with Crippen molar-refractivity contribution in [3.63, 3.8) is 0 Å². The highest BCUT2D eigenvalue weighted by atomic mass is 16.1. The van der Waals surface area contributed by atoms with Crippen LogP contribution in [0.5, 0.6) is 0 Å². The van der Waals surface area contributed by atoms with E-state index in [2.05, 4.69) is 38.1 Å². The third-order valence-corrected chi connectivity index (χ3v) is 9.47. The number of fused-ring (bicyclic) bond motifs is 5. The van der Waals surface area contributed by atoms with Crippen LogP contribution in [0.2, 0.25) is 0 Å². The first-order valence-corrected chi connectivity index (χ1v) is 11.1. The van der Waals surface area contributed by atoms with Crippen molar-refractivity contribution in [2.24, 2.45) is 34.5 Å². The molecule has 1 aromatic carbocycles. The molecular formula is C25H32O2. The lowest BCUT2D eigenvalue weighted by atomic mass is 9.43. The van der Waals surface area contributed by atoms with Gasteiger partial charge in [-0.1, -0.05) is 44.2 Å². The largest absolute Gasteiger partial charge is 0.299 e. The summed E-state index contributed by atoms with van der Waals surface area (Å²) in [5.74, 6) is 3.53. The number of rotatable bonds is 1. The van der Waals surface area contributed by atoms with Gasteiger partial charge in [0.25, 0.3) is 0 Å². The molecule has 0 heterocycles. The molecule has 0 aliphatic heterocycles.